The molecule has 1 aromatic carbocycles. The first-order chi connectivity index (χ1) is 8.22. The topological polar surface area (TPSA) is 75.4 Å². The van der Waals surface area contributed by atoms with Gasteiger partial charge in [-0.2, -0.15) is 0 Å². The van der Waals surface area contributed by atoms with Crippen LogP contribution in [0.5, 0.6) is 0 Å². The number of carbonyl (C=O) groups is 2. The third kappa shape index (κ3) is 2.45. The van der Waals surface area contributed by atoms with Gasteiger partial charge in [0.2, 0.25) is 5.91 Å². The van der Waals surface area contributed by atoms with Gasteiger partial charge in [0, 0.05) is 24.3 Å². The van der Waals surface area contributed by atoms with Gasteiger partial charge < -0.3 is 16.0 Å². The first-order valence-electron chi connectivity index (χ1n) is 5.56. The van der Waals surface area contributed by atoms with Crippen molar-refractivity contribution in [3.05, 3.63) is 29.8 Å². The highest BCUT2D eigenvalue weighted by Crippen LogP contribution is 2.21. The molecule has 0 spiro atoms. The molecule has 0 bridgehead atoms. The fraction of sp³-hybridized carbons (Fsp3) is 0.333. The molecule has 1 aromatic rings. The zero-order chi connectivity index (χ0) is 12.3. The summed E-state index contributed by atoms with van der Waals surface area (Å²) in [4.78, 5) is 24.9. The fourth-order valence-electron chi connectivity index (χ4n) is 1.94. The quantitative estimate of drug-likeness (QED) is 0.707. The van der Waals surface area contributed by atoms with E-state index in [9.17, 15) is 9.59 Å². The number of ketones is 1. The van der Waals surface area contributed by atoms with Crippen molar-refractivity contribution in [2.75, 3.05) is 31.1 Å². The van der Waals surface area contributed by atoms with Crippen LogP contribution in [0.25, 0.3) is 0 Å². The first-order valence-corrected chi connectivity index (χ1v) is 5.56. The van der Waals surface area contributed by atoms with Crippen molar-refractivity contribution < 1.29 is 9.59 Å². The summed E-state index contributed by atoms with van der Waals surface area (Å²) in [7, 11) is 0. The van der Waals surface area contributed by atoms with Crippen LogP contribution >= 0.6 is 0 Å². The zero-order valence-corrected chi connectivity index (χ0v) is 9.48. The average molecular weight is 233 g/mol. The number of rotatable bonds is 3. The molecule has 3 N–H and O–H groups in total. The number of nitrogens with zero attached hydrogens (tertiary/aromatic N) is 1. The van der Waals surface area contributed by atoms with Gasteiger partial charge >= 0.3 is 0 Å². The second kappa shape index (κ2) is 4.97. The van der Waals surface area contributed by atoms with Crippen LogP contribution < -0.4 is 16.0 Å². The van der Waals surface area contributed by atoms with Gasteiger partial charge in [-0.3, -0.25) is 9.59 Å². The lowest BCUT2D eigenvalue weighted by Crippen LogP contribution is -2.48. The molecule has 1 aliphatic heterocycles. The van der Waals surface area contributed by atoms with E-state index in [0.29, 0.717) is 18.7 Å². The molecule has 17 heavy (non-hydrogen) atoms. The van der Waals surface area contributed by atoms with E-state index in [1.165, 1.54) is 0 Å². The average Bonchev–Trinajstić information content (AvgIpc) is 2.38. The minimum absolute atomic E-state index is 0.0168. The number of anilines is 1. The summed E-state index contributed by atoms with van der Waals surface area (Å²) in [5.74, 6) is -0.127. The van der Waals surface area contributed by atoms with E-state index in [1.54, 1.807) is 12.1 Å². The summed E-state index contributed by atoms with van der Waals surface area (Å²) in [6.07, 6.45) is 0. The van der Waals surface area contributed by atoms with Gasteiger partial charge in [-0.25, -0.2) is 0 Å². The Labute approximate surface area is 99.6 Å². The number of piperazine rings is 1. The van der Waals surface area contributed by atoms with Crippen molar-refractivity contribution >= 4 is 17.4 Å². The summed E-state index contributed by atoms with van der Waals surface area (Å²) in [6.45, 7) is 1.58. The lowest BCUT2D eigenvalue weighted by Gasteiger charge is -2.30. The molecule has 2 rings (SSSR count). The van der Waals surface area contributed by atoms with Gasteiger partial charge in [0.25, 0.3) is 0 Å². The molecular formula is C12H15N3O2. The minimum Gasteiger partial charge on any atom is -0.360 e. The molecule has 1 saturated heterocycles. The molecule has 90 valence electrons. The Kier molecular flexibility index (Phi) is 3.39. The predicted octanol–water partition coefficient (Wildman–Crippen LogP) is -0.236. The molecule has 1 aliphatic rings. The Hall–Kier alpha value is -1.88. The number of hydrogen-bond donors (Lipinski definition) is 2. The van der Waals surface area contributed by atoms with Gasteiger partial charge in [-0.1, -0.05) is 12.1 Å². The van der Waals surface area contributed by atoms with E-state index < -0.39 is 0 Å². The van der Waals surface area contributed by atoms with Gasteiger partial charge in [0.1, 0.15) is 0 Å². The third-order valence-electron chi connectivity index (χ3n) is 2.77. The van der Waals surface area contributed by atoms with Crippen LogP contribution in [0.2, 0.25) is 0 Å². The molecule has 0 saturated carbocycles. The molecule has 1 heterocycles. The summed E-state index contributed by atoms with van der Waals surface area (Å²) in [5.41, 5.74) is 6.76. The van der Waals surface area contributed by atoms with E-state index >= 15 is 0 Å². The van der Waals surface area contributed by atoms with Gasteiger partial charge in [-0.15, -0.1) is 0 Å². The summed E-state index contributed by atoms with van der Waals surface area (Å²) in [6, 6.07) is 7.25. The summed E-state index contributed by atoms with van der Waals surface area (Å²) in [5, 5.41) is 2.75. The highest BCUT2D eigenvalue weighted by molar-refractivity contribution is 6.03. The number of carbonyl (C=O) groups excluding carboxylic acids is 2. The highest BCUT2D eigenvalue weighted by Gasteiger charge is 2.20. The molecule has 1 amide bonds. The van der Waals surface area contributed by atoms with Crippen LogP contribution in [0.1, 0.15) is 10.4 Å². The van der Waals surface area contributed by atoms with Crippen LogP contribution in [0.4, 0.5) is 5.69 Å². The number of para-hydroxylation sites is 1. The molecule has 5 heteroatoms. The smallest absolute Gasteiger partial charge is 0.239 e. The molecule has 1 fully saturated rings. The predicted molar refractivity (Wildman–Crippen MR) is 65.0 cm³/mol. The van der Waals surface area contributed by atoms with Gasteiger partial charge in [-0.05, 0) is 12.1 Å². The lowest BCUT2D eigenvalue weighted by atomic mass is 10.1. The van der Waals surface area contributed by atoms with Crippen LogP contribution in [0, 0.1) is 0 Å². The number of nitrogens with one attached hydrogen (secondary N) is 1. The highest BCUT2D eigenvalue weighted by atomic mass is 16.2. The first kappa shape index (κ1) is 11.6. The Morgan fingerprint density at radius 3 is 2.88 bits per heavy atom. The van der Waals surface area contributed by atoms with Crippen LogP contribution in [-0.4, -0.2) is 37.9 Å². The van der Waals surface area contributed by atoms with Crippen molar-refractivity contribution in [2.45, 2.75) is 0 Å². The van der Waals surface area contributed by atoms with Crippen molar-refractivity contribution in [1.29, 1.82) is 0 Å². The van der Waals surface area contributed by atoms with Crippen LogP contribution in [0.15, 0.2) is 24.3 Å². The molecule has 0 atom stereocenters. The fourth-order valence-corrected chi connectivity index (χ4v) is 1.94. The van der Waals surface area contributed by atoms with E-state index in [1.807, 2.05) is 17.0 Å². The normalized spacial score (nSPS) is 15.6. The third-order valence-corrected chi connectivity index (χ3v) is 2.77. The maximum Gasteiger partial charge on any atom is 0.239 e. The Bertz CT molecular complexity index is 445. The van der Waals surface area contributed by atoms with Gasteiger partial charge in [0.15, 0.2) is 5.78 Å². The van der Waals surface area contributed by atoms with E-state index in [0.717, 1.165) is 5.69 Å². The maximum absolute atomic E-state index is 11.7. The zero-order valence-electron chi connectivity index (χ0n) is 9.48. The molecule has 5 nitrogen and oxygen atoms in total. The van der Waals surface area contributed by atoms with Crippen LogP contribution in [-0.2, 0) is 4.79 Å². The minimum atomic E-state index is -0.105. The summed E-state index contributed by atoms with van der Waals surface area (Å²) >= 11 is 0. The Morgan fingerprint density at radius 1 is 1.41 bits per heavy atom. The van der Waals surface area contributed by atoms with Crippen molar-refractivity contribution in [1.82, 2.24) is 5.32 Å². The molecule has 0 aromatic heterocycles. The van der Waals surface area contributed by atoms with Crippen molar-refractivity contribution in [3.8, 4) is 0 Å². The van der Waals surface area contributed by atoms with E-state index in [-0.39, 0.29) is 24.8 Å². The second-order valence-corrected chi connectivity index (χ2v) is 3.92. The van der Waals surface area contributed by atoms with Crippen molar-refractivity contribution in [3.63, 3.8) is 0 Å². The number of benzene rings is 1. The number of amides is 1. The Balaban J connectivity index is 2.30. The second-order valence-electron chi connectivity index (χ2n) is 3.92. The maximum atomic E-state index is 11.7. The number of nitrogens with two attached hydrogens (primary N) is 1. The number of Topliss-reactive ketones (excluding diaryl/α,β-unsaturated/α-hetero) is 1. The number of hydrogen-bond acceptors (Lipinski definition) is 4. The molecular weight excluding hydrogens is 218 g/mol. The standard InChI is InChI=1S/C12H15N3O2/c13-7-11(16)9-3-1-2-4-10(9)15-6-5-14-12(17)8-15/h1-4H,5-8,13H2,(H,14,17). The van der Waals surface area contributed by atoms with E-state index in [4.69, 9.17) is 5.73 Å². The Morgan fingerprint density at radius 2 is 2.18 bits per heavy atom. The largest absolute Gasteiger partial charge is 0.360 e. The van der Waals surface area contributed by atoms with Crippen molar-refractivity contribution in [2.24, 2.45) is 5.73 Å². The summed E-state index contributed by atoms with van der Waals surface area (Å²) < 4.78 is 0. The molecule has 0 aliphatic carbocycles. The van der Waals surface area contributed by atoms with E-state index in [2.05, 4.69) is 5.32 Å². The SMILES string of the molecule is NCC(=O)c1ccccc1N1CCNC(=O)C1. The monoisotopic (exact) mass is 233 g/mol. The lowest BCUT2D eigenvalue weighted by molar-refractivity contribution is -0.120. The van der Waals surface area contributed by atoms with Crippen LogP contribution in [0.3, 0.4) is 0 Å². The molecule has 0 radical (unpaired) electrons. The van der Waals surface area contributed by atoms with Gasteiger partial charge in [0.05, 0.1) is 13.1 Å². The molecule has 0 unspecified atom stereocenters.